The van der Waals surface area contributed by atoms with Crippen molar-refractivity contribution in [3.8, 4) is 0 Å². The van der Waals surface area contributed by atoms with E-state index in [1.165, 1.54) is 0 Å². The molecule has 0 heterocycles. The number of benzene rings is 1. The molecule has 0 aromatic heterocycles. The van der Waals surface area contributed by atoms with E-state index < -0.39 is 12.1 Å². The monoisotopic (exact) mass is 338 g/mol. The van der Waals surface area contributed by atoms with Crippen LogP contribution in [0.1, 0.15) is 31.7 Å². The van der Waals surface area contributed by atoms with Crippen LogP contribution in [0.4, 0.5) is 0 Å². The molecule has 24 heavy (non-hydrogen) atoms. The topological polar surface area (TPSA) is 71.1 Å². The zero-order valence-electron chi connectivity index (χ0n) is 14.4. The van der Waals surface area contributed by atoms with Crippen molar-refractivity contribution in [2.45, 2.75) is 38.9 Å². The van der Waals surface area contributed by atoms with Gasteiger partial charge in [-0.05, 0) is 25.3 Å². The number of hydrogen-bond donors (Lipinski definition) is 0. The van der Waals surface area contributed by atoms with Gasteiger partial charge in [-0.25, -0.2) is 4.79 Å². The summed E-state index contributed by atoms with van der Waals surface area (Å²) in [6.45, 7) is 2.99. The summed E-state index contributed by atoms with van der Waals surface area (Å²) in [5.74, 6) is -0.704. The molecule has 0 N–H and O–H groups in total. The Labute approximate surface area is 143 Å². The van der Waals surface area contributed by atoms with Crippen molar-refractivity contribution in [1.82, 2.24) is 0 Å². The maximum absolute atomic E-state index is 12.2. The number of rotatable bonds is 12. The summed E-state index contributed by atoms with van der Waals surface area (Å²) in [5.41, 5.74) is 0.910. The second kappa shape index (κ2) is 12.5. The Balaban J connectivity index is 2.43. The Morgan fingerprint density at radius 2 is 1.83 bits per heavy atom. The average molecular weight is 338 g/mol. The lowest BCUT2D eigenvalue weighted by molar-refractivity contribution is -0.160. The first-order chi connectivity index (χ1) is 11.7. The smallest absolute Gasteiger partial charge is 0.335 e. The summed E-state index contributed by atoms with van der Waals surface area (Å²) < 4.78 is 20.6. The van der Waals surface area contributed by atoms with E-state index in [4.69, 9.17) is 18.9 Å². The van der Waals surface area contributed by atoms with Gasteiger partial charge in [-0.15, -0.1) is 0 Å². The third-order valence-corrected chi connectivity index (χ3v) is 3.25. The van der Waals surface area contributed by atoms with Crippen molar-refractivity contribution in [2.24, 2.45) is 0 Å². The highest BCUT2D eigenvalue weighted by Gasteiger charge is 2.21. The van der Waals surface area contributed by atoms with E-state index in [1.807, 2.05) is 30.3 Å². The molecule has 6 nitrogen and oxygen atoms in total. The molecule has 6 heteroatoms. The highest BCUT2D eigenvalue weighted by Crippen LogP contribution is 2.10. The molecule has 0 bridgehead atoms. The molecule has 1 unspecified atom stereocenters. The summed E-state index contributed by atoms with van der Waals surface area (Å²) in [6, 6.07) is 9.44. The zero-order valence-corrected chi connectivity index (χ0v) is 14.4. The van der Waals surface area contributed by atoms with Crippen molar-refractivity contribution in [3.63, 3.8) is 0 Å². The fourth-order valence-electron chi connectivity index (χ4n) is 2.03. The first kappa shape index (κ1) is 20.1. The Morgan fingerprint density at radius 1 is 1.08 bits per heavy atom. The summed E-state index contributed by atoms with van der Waals surface area (Å²) in [5, 5.41) is 0. The standard InChI is InChI=1S/C18H26O6/c1-3-22-17(19)11-7-10-16(23-13-12-21-2)18(20)24-14-15-8-5-4-6-9-15/h4-6,8-9,16H,3,7,10-14H2,1-2H3. The maximum Gasteiger partial charge on any atom is 0.335 e. The minimum Gasteiger partial charge on any atom is -0.466 e. The number of carbonyl (C=O) groups is 2. The van der Waals surface area contributed by atoms with Gasteiger partial charge in [0.1, 0.15) is 6.61 Å². The first-order valence-corrected chi connectivity index (χ1v) is 8.14. The Bertz CT molecular complexity index is 474. The fraction of sp³-hybridized carbons (Fsp3) is 0.556. The van der Waals surface area contributed by atoms with Crippen LogP contribution < -0.4 is 0 Å². The molecule has 1 rings (SSSR count). The number of methoxy groups -OCH3 is 1. The van der Waals surface area contributed by atoms with E-state index in [9.17, 15) is 9.59 Å². The van der Waals surface area contributed by atoms with Gasteiger partial charge in [0.2, 0.25) is 0 Å². The second-order valence-electron chi connectivity index (χ2n) is 5.14. The van der Waals surface area contributed by atoms with Crippen LogP contribution in [-0.4, -0.2) is 45.0 Å². The zero-order chi connectivity index (χ0) is 17.6. The van der Waals surface area contributed by atoms with Gasteiger partial charge in [0.05, 0.1) is 19.8 Å². The summed E-state index contributed by atoms with van der Waals surface area (Å²) >= 11 is 0. The highest BCUT2D eigenvalue weighted by molar-refractivity contribution is 5.75. The molecule has 0 fully saturated rings. The first-order valence-electron chi connectivity index (χ1n) is 8.14. The SMILES string of the molecule is CCOC(=O)CCCC(OCCOC)C(=O)OCc1ccccc1. The van der Waals surface area contributed by atoms with Crippen LogP contribution >= 0.6 is 0 Å². The average Bonchev–Trinajstić information content (AvgIpc) is 2.59. The molecular weight excluding hydrogens is 312 g/mol. The van der Waals surface area contributed by atoms with Crippen LogP contribution in [0.3, 0.4) is 0 Å². The van der Waals surface area contributed by atoms with Crippen LogP contribution in [-0.2, 0) is 35.1 Å². The van der Waals surface area contributed by atoms with Gasteiger partial charge in [-0.3, -0.25) is 4.79 Å². The van der Waals surface area contributed by atoms with Gasteiger partial charge >= 0.3 is 11.9 Å². The van der Waals surface area contributed by atoms with E-state index in [1.54, 1.807) is 14.0 Å². The lowest BCUT2D eigenvalue weighted by Gasteiger charge is -2.16. The van der Waals surface area contributed by atoms with Crippen molar-refractivity contribution in [3.05, 3.63) is 35.9 Å². The molecule has 0 spiro atoms. The Kier molecular flexibility index (Phi) is 10.5. The van der Waals surface area contributed by atoms with E-state index in [0.29, 0.717) is 32.7 Å². The van der Waals surface area contributed by atoms with Crippen LogP contribution in [0.2, 0.25) is 0 Å². The van der Waals surface area contributed by atoms with Crippen molar-refractivity contribution in [1.29, 1.82) is 0 Å². The summed E-state index contributed by atoms with van der Waals surface area (Å²) in [4.78, 5) is 23.6. The van der Waals surface area contributed by atoms with E-state index in [-0.39, 0.29) is 19.0 Å². The molecule has 0 aliphatic carbocycles. The minimum absolute atomic E-state index is 0.196. The predicted molar refractivity (Wildman–Crippen MR) is 88.3 cm³/mol. The largest absolute Gasteiger partial charge is 0.466 e. The molecule has 0 aliphatic heterocycles. The van der Waals surface area contributed by atoms with Crippen LogP contribution in [0, 0.1) is 0 Å². The molecular formula is C18H26O6. The van der Waals surface area contributed by atoms with Gasteiger partial charge in [-0.2, -0.15) is 0 Å². The summed E-state index contributed by atoms with van der Waals surface area (Å²) in [7, 11) is 1.56. The minimum atomic E-state index is -0.710. The third-order valence-electron chi connectivity index (χ3n) is 3.25. The lowest BCUT2D eigenvalue weighted by atomic mass is 10.1. The van der Waals surface area contributed by atoms with E-state index in [2.05, 4.69) is 0 Å². The number of esters is 2. The van der Waals surface area contributed by atoms with Crippen molar-refractivity contribution >= 4 is 11.9 Å². The summed E-state index contributed by atoms with van der Waals surface area (Å²) in [6.07, 6.45) is 0.440. The van der Waals surface area contributed by atoms with Gasteiger partial charge in [0, 0.05) is 13.5 Å². The van der Waals surface area contributed by atoms with E-state index >= 15 is 0 Å². The third kappa shape index (κ3) is 8.64. The lowest BCUT2D eigenvalue weighted by Crippen LogP contribution is -2.28. The number of carbonyl (C=O) groups excluding carboxylic acids is 2. The van der Waals surface area contributed by atoms with Crippen LogP contribution in [0.25, 0.3) is 0 Å². The number of hydrogen-bond acceptors (Lipinski definition) is 6. The fourth-order valence-corrected chi connectivity index (χ4v) is 2.03. The quantitative estimate of drug-likeness (QED) is 0.431. The molecule has 1 aromatic rings. The molecule has 134 valence electrons. The molecule has 0 amide bonds. The second-order valence-corrected chi connectivity index (χ2v) is 5.14. The Morgan fingerprint density at radius 3 is 2.50 bits per heavy atom. The van der Waals surface area contributed by atoms with Gasteiger partial charge in [0.15, 0.2) is 6.10 Å². The van der Waals surface area contributed by atoms with Gasteiger partial charge in [0.25, 0.3) is 0 Å². The van der Waals surface area contributed by atoms with E-state index in [0.717, 1.165) is 5.56 Å². The molecule has 0 aliphatic rings. The molecule has 0 radical (unpaired) electrons. The Hall–Kier alpha value is -1.92. The normalized spacial score (nSPS) is 11.8. The maximum atomic E-state index is 12.2. The van der Waals surface area contributed by atoms with Crippen LogP contribution in [0.15, 0.2) is 30.3 Å². The van der Waals surface area contributed by atoms with Crippen LogP contribution in [0.5, 0.6) is 0 Å². The highest BCUT2D eigenvalue weighted by atomic mass is 16.6. The van der Waals surface area contributed by atoms with Crippen molar-refractivity contribution in [2.75, 3.05) is 26.9 Å². The van der Waals surface area contributed by atoms with Gasteiger partial charge < -0.3 is 18.9 Å². The molecule has 1 aromatic carbocycles. The predicted octanol–water partition coefficient (Wildman–Crippen LogP) is 2.49. The van der Waals surface area contributed by atoms with Gasteiger partial charge in [-0.1, -0.05) is 30.3 Å². The molecule has 0 saturated heterocycles. The molecule has 1 atom stereocenters. The number of ether oxygens (including phenoxy) is 4. The van der Waals surface area contributed by atoms with Crippen molar-refractivity contribution < 1.29 is 28.5 Å². The molecule has 0 saturated carbocycles.